The van der Waals surface area contributed by atoms with Crippen LogP contribution in [0.1, 0.15) is 24.2 Å². The molecule has 0 unspecified atom stereocenters. The van der Waals surface area contributed by atoms with Crippen LogP contribution in [0.5, 0.6) is 0 Å². The Balaban J connectivity index is 1.78. The zero-order valence-electron chi connectivity index (χ0n) is 11.9. The number of pyridine rings is 1. The first kappa shape index (κ1) is 14.6. The van der Waals surface area contributed by atoms with Crippen molar-refractivity contribution in [1.82, 2.24) is 25.2 Å². The summed E-state index contributed by atoms with van der Waals surface area (Å²) in [5.74, 6) is 0.992. The summed E-state index contributed by atoms with van der Waals surface area (Å²) in [6, 6.07) is 2.73. The van der Waals surface area contributed by atoms with E-state index in [9.17, 15) is 13.2 Å². The normalized spacial score (nSPS) is 16.1. The first-order chi connectivity index (χ1) is 10.5. The van der Waals surface area contributed by atoms with Crippen LogP contribution in [0.15, 0.2) is 23.3 Å². The van der Waals surface area contributed by atoms with Crippen molar-refractivity contribution in [2.24, 2.45) is 4.99 Å². The maximum Gasteiger partial charge on any atom is 0.417 e. The number of aromatic nitrogens is 3. The van der Waals surface area contributed by atoms with Gasteiger partial charge in [0.2, 0.25) is 0 Å². The molecule has 6 nitrogen and oxygen atoms in total. The van der Waals surface area contributed by atoms with Gasteiger partial charge in [-0.2, -0.15) is 13.2 Å². The Morgan fingerprint density at radius 3 is 2.77 bits per heavy atom. The van der Waals surface area contributed by atoms with Crippen molar-refractivity contribution in [3.8, 4) is 0 Å². The Hall–Kier alpha value is -2.32. The average Bonchev–Trinajstić information content (AvgIpc) is 3.20. The molecule has 3 rings (SSSR count). The second-order valence-corrected chi connectivity index (χ2v) is 5.10. The van der Waals surface area contributed by atoms with Crippen molar-refractivity contribution >= 4 is 11.6 Å². The number of fused-ring (bicyclic) bond motifs is 1. The number of rotatable bonds is 3. The summed E-state index contributed by atoms with van der Waals surface area (Å²) >= 11 is 0. The lowest BCUT2D eigenvalue weighted by molar-refractivity contribution is -0.137. The number of hydrogen-bond acceptors (Lipinski definition) is 3. The maximum atomic E-state index is 12.8. The summed E-state index contributed by atoms with van der Waals surface area (Å²) in [5, 5.41) is 14.0. The molecule has 2 N–H and O–H groups in total. The largest absolute Gasteiger partial charge is 0.417 e. The second kappa shape index (κ2) is 5.47. The van der Waals surface area contributed by atoms with Gasteiger partial charge in [-0.05, 0) is 25.0 Å². The molecule has 0 amide bonds. The predicted molar refractivity (Wildman–Crippen MR) is 74.3 cm³/mol. The summed E-state index contributed by atoms with van der Waals surface area (Å²) in [4.78, 5) is 4.06. The molecule has 1 fully saturated rings. The van der Waals surface area contributed by atoms with Crippen LogP contribution in [-0.4, -0.2) is 33.6 Å². The van der Waals surface area contributed by atoms with Gasteiger partial charge in [-0.25, -0.2) is 0 Å². The molecule has 1 saturated carbocycles. The summed E-state index contributed by atoms with van der Waals surface area (Å²) < 4.78 is 39.7. The number of hydrogen-bond donors (Lipinski definition) is 2. The van der Waals surface area contributed by atoms with Gasteiger partial charge in [0, 0.05) is 19.3 Å². The minimum atomic E-state index is -4.40. The van der Waals surface area contributed by atoms with E-state index in [-0.39, 0.29) is 6.54 Å². The number of aliphatic imine (C=N–C) groups is 1. The van der Waals surface area contributed by atoms with E-state index in [1.807, 2.05) is 0 Å². The molecule has 2 aromatic rings. The second-order valence-electron chi connectivity index (χ2n) is 5.10. The molecular weight excluding hydrogens is 297 g/mol. The molecule has 0 aromatic carbocycles. The van der Waals surface area contributed by atoms with Crippen molar-refractivity contribution in [1.29, 1.82) is 0 Å². The highest BCUT2D eigenvalue weighted by Crippen LogP contribution is 2.29. The minimum Gasteiger partial charge on any atom is -0.354 e. The van der Waals surface area contributed by atoms with Gasteiger partial charge in [0.25, 0.3) is 0 Å². The van der Waals surface area contributed by atoms with Gasteiger partial charge >= 0.3 is 6.18 Å². The zero-order valence-corrected chi connectivity index (χ0v) is 11.9. The lowest BCUT2D eigenvalue weighted by Gasteiger charge is -2.11. The Morgan fingerprint density at radius 1 is 1.36 bits per heavy atom. The van der Waals surface area contributed by atoms with Crippen LogP contribution in [0.4, 0.5) is 13.2 Å². The summed E-state index contributed by atoms with van der Waals surface area (Å²) in [6.07, 6.45) is -1.19. The number of nitrogens with one attached hydrogen (secondary N) is 2. The third-order valence-corrected chi connectivity index (χ3v) is 3.36. The fourth-order valence-corrected chi connectivity index (χ4v) is 2.00. The standard InChI is InChI=1S/C13H15F3N6/c1-17-12(19-9-3-4-9)18-6-11-21-20-10-5-2-8(7-22(10)11)13(14,15)16/h2,5,7,9H,3-4,6H2,1H3,(H2,17,18,19). The highest BCUT2D eigenvalue weighted by molar-refractivity contribution is 5.80. The Labute approximate surface area is 124 Å². The highest BCUT2D eigenvalue weighted by Gasteiger charge is 2.31. The molecule has 0 bridgehead atoms. The fourth-order valence-electron chi connectivity index (χ4n) is 2.00. The van der Waals surface area contributed by atoms with Crippen LogP contribution in [0.25, 0.3) is 5.65 Å². The number of guanidine groups is 1. The quantitative estimate of drug-likeness (QED) is 0.667. The van der Waals surface area contributed by atoms with E-state index >= 15 is 0 Å². The van der Waals surface area contributed by atoms with E-state index in [1.54, 1.807) is 7.05 Å². The SMILES string of the molecule is CN=C(NCc1nnc2ccc(C(F)(F)F)cn12)NC1CC1. The lowest BCUT2D eigenvalue weighted by atomic mass is 10.3. The molecule has 0 radical (unpaired) electrons. The topological polar surface area (TPSA) is 66.6 Å². The molecule has 9 heteroatoms. The van der Waals surface area contributed by atoms with Gasteiger partial charge in [0.15, 0.2) is 17.4 Å². The molecule has 2 aromatic heterocycles. The van der Waals surface area contributed by atoms with E-state index in [2.05, 4.69) is 25.8 Å². The number of halogens is 3. The van der Waals surface area contributed by atoms with Gasteiger partial charge < -0.3 is 10.6 Å². The van der Waals surface area contributed by atoms with Gasteiger partial charge in [-0.3, -0.25) is 9.39 Å². The van der Waals surface area contributed by atoms with E-state index < -0.39 is 11.7 Å². The maximum absolute atomic E-state index is 12.8. The molecule has 1 aliphatic carbocycles. The highest BCUT2D eigenvalue weighted by atomic mass is 19.4. The third kappa shape index (κ3) is 3.12. The number of alkyl halides is 3. The van der Waals surface area contributed by atoms with Gasteiger partial charge in [0.1, 0.15) is 0 Å². The molecule has 0 atom stereocenters. The summed E-state index contributed by atoms with van der Waals surface area (Å²) in [5.41, 5.74) is -0.364. The first-order valence-electron chi connectivity index (χ1n) is 6.85. The predicted octanol–water partition coefficient (Wildman–Crippen LogP) is 1.58. The van der Waals surface area contributed by atoms with E-state index in [4.69, 9.17) is 0 Å². The molecule has 22 heavy (non-hydrogen) atoms. The third-order valence-electron chi connectivity index (χ3n) is 3.36. The van der Waals surface area contributed by atoms with Crippen LogP contribution >= 0.6 is 0 Å². The van der Waals surface area contributed by atoms with E-state index in [0.29, 0.717) is 23.5 Å². The lowest BCUT2D eigenvalue weighted by Crippen LogP contribution is -2.38. The van der Waals surface area contributed by atoms with Crippen LogP contribution in [0, 0.1) is 0 Å². The fraction of sp³-hybridized carbons (Fsp3) is 0.462. The van der Waals surface area contributed by atoms with E-state index in [1.165, 1.54) is 10.5 Å². The molecule has 0 aliphatic heterocycles. The number of nitrogens with zero attached hydrogens (tertiary/aromatic N) is 4. The van der Waals surface area contributed by atoms with Crippen molar-refractivity contribution in [2.45, 2.75) is 31.6 Å². The van der Waals surface area contributed by atoms with Crippen LogP contribution in [0.2, 0.25) is 0 Å². The molecule has 0 saturated heterocycles. The molecule has 118 valence electrons. The smallest absolute Gasteiger partial charge is 0.354 e. The van der Waals surface area contributed by atoms with Gasteiger partial charge in [0.05, 0.1) is 12.1 Å². The van der Waals surface area contributed by atoms with E-state index in [0.717, 1.165) is 25.1 Å². The molecular formula is C13H15F3N6. The van der Waals surface area contributed by atoms with Crippen LogP contribution < -0.4 is 10.6 Å². The monoisotopic (exact) mass is 312 g/mol. The zero-order chi connectivity index (χ0) is 15.7. The molecule has 2 heterocycles. The average molecular weight is 312 g/mol. The van der Waals surface area contributed by atoms with Gasteiger partial charge in [-0.15, -0.1) is 10.2 Å². The molecule has 1 aliphatic rings. The van der Waals surface area contributed by atoms with Crippen molar-refractivity contribution in [2.75, 3.05) is 7.05 Å². The summed E-state index contributed by atoms with van der Waals surface area (Å²) in [6.45, 7) is 0.231. The summed E-state index contributed by atoms with van der Waals surface area (Å²) in [7, 11) is 1.64. The Kier molecular flexibility index (Phi) is 3.63. The Bertz CT molecular complexity index is 701. The minimum absolute atomic E-state index is 0.231. The van der Waals surface area contributed by atoms with Gasteiger partial charge in [-0.1, -0.05) is 0 Å². The van der Waals surface area contributed by atoms with Crippen molar-refractivity contribution < 1.29 is 13.2 Å². The van der Waals surface area contributed by atoms with Crippen LogP contribution in [0.3, 0.4) is 0 Å². The molecule has 0 spiro atoms. The first-order valence-corrected chi connectivity index (χ1v) is 6.85. The Morgan fingerprint density at radius 2 is 2.14 bits per heavy atom. The van der Waals surface area contributed by atoms with Crippen LogP contribution in [-0.2, 0) is 12.7 Å². The van der Waals surface area contributed by atoms with Crippen molar-refractivity contribution in [3.05, 3.63) is 29.7 Å². The van der Waals surface area contributed by atoms with Crippen molar-refractivity contribution in [3.63, 3.8) is 0 Å².